The standard InChI is InChI=1S/C19H20N2O5S/c1-13-16-11-15(27(23,24)21-8-2-3-9-21)6-7-17(16)26-18(13)19(22)20-12-14-5-4-10-25-14/h4-7,10-11H,2-3,8-9,12H2,1H3,(H,20,22). The van der Waals surface area contributed by atoms with Gasteiger partial charge in [0, 0.05) is 24.0 Å². The third kappa shape index (κ3) is 3.26. The van der Waals surface area contributed by atoms with Crippen molar-refractivity contribution in [2.75, 3.05) is 13.1 Å². The molecule has 7 nitrogen and oxygen atoms in total. The molecule has 0 unspecified atom stereocenters. The number of benzene rings is 1. The predicted octanol–water partition coefficient (Wildman–Crippen LogP) is 3.05. The molecule has 1 aliphatic rings. The van der Waals surface area contributed by atoms with E-state index in [9.17, 15) is 13.2 Å². The van der Waals surface area contributed by atoms with Gasteiger partial charge in [-0.15, -0.1) is 0 Å². The fourth-order valence-electron chi connectivity index (χ4n) is 3.32. The first-order valence-corrected chi connectivity index (χ1v) is 10.2. The van der Waals surface area contributed by atoms with Crippen LogP contribution >= 0.6 is 0 Å². The molecule has 8 heteroatoms. The van der Waals surface area contributed by atoms with Crippen molar-refractivity contribution in [3.63, 3.8) is 0 Å². The molecule has 0 saturated carbocycles. The van der Waals surface area contributed by atoms with Crippen LogP contribution in [0.4, 0.5) is 0 Å². The number of amides is 1. The monoisotopic (exact) mass is 388 g/mol. The van der Waals surface area contributed by atoms with E-state index in [1.807, 2.05) is 0 Å². The van der Waals surface area contributed by atoms with Crippen LogP contribution in [0.25, 0.3) is 11.0 Å². The normalized spacial score (nSPS) is 15.4. The summed E-state index contributed by atoms with van der Waals surface area (Å²) in [6.07, 6.45) is 3.30. The maximum absolute atomic E-state index is 12.8. The number of nitrogens with one attached hydrogen (secondary N) is 1. The average molecular weight is 388 g/mol. The number of aryl methyl sites for hydroxylation is 1. The fourth-order valence-corrected chi connectivity index (χ4v) is 4.86. The van der Waals surface area contributed by atoms with Crippen LogP contribution in [-0.4, -0.2) is 31.7 Å². The molecule has 3 aromatic rings. The molecule has 1 amide bonds. The zero-order chi connectivity index (χ0) is 19.0. The smallest absolute Gasteiger partial charge is 0.287 e. The lowest BCUT2D eigenvalue weighted by Gasteiger charge is -2.15. The van der Waals surface area contributed by atoms with Gasteiger partial charge in [-0.1, -0.05) is 0 Å². The Morgan fingerprint density at radius 3 is 2.70 bits per heavy atom. The summed E-state index contributed by atoms with van der Waals surface area (Å²) in [5, 5.41) is 3.36. The summed E-state index contributed by atoms with van der Waals surface area (Å²) in [5.74, 6) is 0.437. The molecule has 142 valence electrons. The van der Waals surface area contributed by atoms with Crippen molar-refractivity contribution in [2.24, 2.45) is 0 Å². The average Bonchev–Trinajstić information content (AvgIpc) is 3.41. The minimum absolute atomic E-state index is 0.173. The quantitative estimate of drug-likeness (QED) is 0.725. The molecule has 1 aliphatic heterocycles. The predicted molar refractivity (Wildman–Crippen MR) is 98.8 cm³/mol. The van der Waals surface area contributed by atoms with Crippen molar-refractivity contribution in [2.45, 2.75) is 31.2 Å². The minimum atomic E-state index is -3.52. The zero-order valence-corrected chi connectivity index (χ0v) is 15.7. The molecule has 1 N–H and O–H groups in total. The first-order valence-electron chi connectivity index (χ1n) is 8.81. The lowest BCUT2D eigenvalue weighted by Crippen LogP contribution is -2.27. The topological polar surface area (TPSA) is 92.8 Å². The molecule has 3 heterocycles. The zero-order valence-electron chi connectivity index (χ0n) is 14.9. The van der Waals surface area contributed by atoms with E-state index >= 15 is 0 Å². The van der Waals surface area contributed by atoms with Crippen LogP contribution in [0.3, 0.4) is 0 Å². The highest BCUT2D eigenvalue weighted by molar-refractivity contribution is 7.89. The van der Waals surface area contributed by atoms with E-state index in [4.69, 9.17) is 8.83 Å². The summed E-state index contributed by atoms with van der Waals surface area (Å²) >= 11 is 0. The number of furan rings is 2. The Labute approximate surface area is 157 Å². The summed E-state index contributed by atoms with van der Waals surface area (Å²) in [6, 6.07) is 8.24. The number of carbonyl (C=O) groups is 1. The van der Waals surface area contributed by atoms with E-state index in [1.54, 1.807) is 31.2 Å². The molecule has 1 saturated heterocycles. The second-order valence-corrected chi connectivity index (χ2v) is 8.53. The summed E-state index contributed by atoms with van der Waals surface area (Å²) in [5.41, 5.74) is 1.09. The van der Waals surface area contributed by atoms with E-state index in [2.05, 4.69) is 5.32 Å². The SMILES string of the molecule is Cc1c(C(=O)NCc2ccco2)oc2ccc(S(=O)(=O)N3CCCC3)cc12. The Balaban J connectivity index is 1.63. The Hall–Kier alpha value is -2.58. The van der Waals surface area contributed by atoms with Gasteiger partial charge in [-0.2, -0.15) is 4.31 Å². The van der Waals surface area contributed by atoms with Crippen molar-refractivity contribution >= 4 is 26.9 Å². The highest BCUT2D eigenvalue weighted by atomic mass is 32.2. The van der Waals surface area contributed by atoms with Gasteiger partial charge < -0.3 is 14.2 Å². The molecule has 27 heavy (non-hydrogen) atoms. The number of nitrogens with zero attached hydrogens (tertiary/aromatic N) is 1. The van der Waals surface area contributed by atoms with Crippen molar-refractivity contribution in [1.82, 2.24) is 9.62 Å². The summed E-state index contributed by atoms with van der Waals surface area (Å²) in [4.78, 5) is 12.7. The van der Waals surface area contributed by atoms with Crippen LogP contribution in [0.2, 0.25) is 0 Å². The summed E-state index contributed by atoms with van der Waals surface area (Å²) < 4.78 is 37.9. The van der Waals surface area contributed by atoms with Crippen LogP contribution in [-0.2, 0) is 16.6 Å². The maximum atomic E-state index is 12.8. The van der Waals surface area contributed by atoms with Crippen LogP contribution in [0.15, 0.2) is 50.3 Å². The molecule has 0 spiro atoms. The second-order valence-electron chi connectivity index (χ2n) is 6.59. The van der Waals surface area contributed by atoms with Crippen LogP contribution in [0.1, 0.15) is 34.7 Å². The van der Waals surface area contributed by atoms with E-state index in [1.165, 1.54) is 16.6 Å². The van der Waals surface area contributed by atoms with Crippen molar-refractivity contribution in [3.8, 4) is 0 Å². The van der Waals surface area contributed by atoms with Gasteiger partial charge in [0.2, 0.25) is 10.0 Å². The Morgan fingerprint density at radius 2 is 2.00 bits per heavy atom. The largest absolute Gasteiger partial charge is 0.467 e. The van der Waals surface area contributed by atoms with Crippen molar-refractivity contribution in [1.29, 1.82) is 0 Å². The van der Waals surface area contributed by atoms with Gasteiger partial charge in [-0.25, -0.2) is 8.42 Å². The number of sulfonamides is 1. The molecule has 0 radical (unpaired) electrons. The lowest BCUT2D eigenvalue weighted by molar-refractivity contribution is 0.0921. The Bertz CT molecular complexity index is 1080. The van der Waals surface area contributed by atoms with Gasteiger partial charge in [0.25, 0.3) is 5.91 Å². The number of hydrogen-bond donors (Lipinski definition) is 1. The Morgan fingerprint density at radius 1 is 1.22 bits per heavy atom. The van der Waals surface area contributed by atoms with E-state index in [0.717, 1.165) is 12.8 Å². The minimum Gasteiger partial charge on any atom is -0.467 e. The number of hydrogen-bond acceptors (Lipinski definition) is 5. The number of rotatable bonds is 5. The van der Waals surface area contributed by atoms with Crippen molar-refractivity contribution < 1.29 is 22.0 Å². The van der Waals surface area contributed by atoms with E-state index in [-0.39, 0.29) is 23.1 Å². The summed E-state index contributed by atoms with van der Waals surface area (Å²) in [7, 11) is -3.52. The molecule has 0 aliphatic carbocycles. The molecule has 0 bridgehead atoms. The molecule has 1 fully saturated rings. The third-order valence-corrected chi connectivity index (χ3v) is 6.71. The van der Waals surface area contributed by atoms with Gasteiger partial charge in [-0.3, -0.25) is 4.79 Å². The molecule has 0 atom stereocenters. The summed E-state index contributed by atoms with van der Waals surface area (Å²) in [6.45, 7) is 3.09. The first kappa shape index (κ1) is 17.8. The Kier molecular flexibility index (Phi) is 4.53. The van der Waals surface area contributed by atoms with Crippen LogP contribution in [0, 0.1) is 6.92 Å². The molecule has 2 aromatic heterocycles. The third-order valence-electron chi connectivity index (χ3n) is 4.82. The van der Waals surface area contributed by atoms with Crippen molar-refractivity contribution in [3.05, 3.63) is 53.7 Å². The molecular weight excluding hydrogens is 368 g/mol. The number of fused-ring (bicyclic) bond motifs is 1. The number of carbonyl (C=O) groups excluding carboxylic acids is 1. The van der Waals surface area contributed by atoms with Gasteiger partial charge in [0.1, 0.15) is 11.3 Å². The van der Waals surface area contributed by atoms with Crippen LogP contribution < -0.4 is 5.32 Å². The van der Waals surface area contributed by atoms with Gasteiger partial charge >= 0.3 is 0 Å². The van der Waals surface area contributed by atoms with E-state index < -0.39 is 10.0 Å². The lowest BCUT2D eigenvalue weighted by atomic mass is 10.1. The molecule has 4 rings (SSSR count). The fraction of sp³-hybridized carbons (Fsp3) is 0.316. The van der Waals surface area contributed by atoms with Gasteiger partial charge in [0.05, 0.1) is 17.7 Å². The molecule has 1 aromatic carbocycles. The molecular formula is C19H20N2O5S. The van der Waals surface area contributed by atoms with Gasteiger partial charge in [-0.05, 0) is 50.1 Å². The first-order chi connectivity index (χ1) is 13.0. The van der Waals surface area contributed by atoms with Crippen LogP contribution in [0.5, 0.6) is 0 Å². The highest BCUT2D eigenvalue weighted by Gasteiger charge is 2.28. The van der Waals surface area contributed by atoms with Gasteiger partial charge in [0.15, 0.2) is 5.76 Å². The highest BCUT2D eigenvalue weighted by Crippen LogP contribution is 2.29. The maximum Gasteiger partial charge on any atom is 0.287 e. The second kappa shape index (κ2) is 6.86. The van der Waals surface area contributed by atoms with E-state index in [0.29, 0.717) is 35.4 Å².